The smallest absolute Gasteiger partial charge is 0.290 e. The highest BCUT2D eigenvalue weighted by Crippen LogP contribution is 2.41. The summed E-state index contributed by atoms with van der Waals surface area (Å²) >= 11 is 1.25. The number of pyridine rings is 1. The fourth-order valence-electron chi connectivity index (χ4n) is 4.30. The van der Waals surface area contributed by atoms with Gasteiger partial charge in [0, 0.05) is 18.3 Å². The summed E-state index contributed by atoms with van der Waals surface area (Å²) in [4.78, 5) is 38.0. The molecule has 0 bridgehead atoms. The highest BCUT2D eigenvalue weighted by Gasteiger charge is 2.45. The van der Waals surface area contributed by atoms with Gasteiger partial charge in [-0.2, -0.15) is 0 Å². The van der Waals surface area contributed by atoms with Crippen molar-refractivity contribution in [3.05, 3.63) is 112 Å². The van der Waals surface area contributed by atoms with Crippen LogP contribution < -0.4 is 4.74 Å². The number of rotatable bonds is 7. The summed E-state index contributed by atoms with van der Waals surface area (Å²) in [7, 11) is 1.57. The number of ketones is 1. The number of nitrogens with zero attached hydrogens (tertiary/aromatic N) is 3. The molecule has 0 fully saturated rings. The number of aliphatic hydroxyl groups is 1. The maximum atomic E-state index is 13.9. The summed E-state index contributed by atoms with van der Waals surface area (Å²) in [6, 6.07) is 21.4. The number of aliphatic hydroxyl groups excluding tert-OH is 1. The molecule has 0 saturated carbocycles. The van der Waals surface area contributed by atoms with Crippen LogP contribution in [0, 0.1) is 6.92 Å². The van der Waals surface area contributed by atoms with Crippen LogP contribution in [0.25, 0.3) is 10.6 Å². The summed E-state index contributed by atoms with van der Waals surface area (Å²) in [6.07, 6.45) is 1.60. The van der Waals surface area contributed by atoms with E-state index in [1.54, 1.807) is 38.4 Å². The number of ether oxygens (including phenoxy) is 1. The van der Waals surface area contributed by atoms with Crippen molar-refractivity contribution in [3.63, 3.8) is 0 Å². The fourth-order valence-corrected chi connectivity index (χ4v) is 5.32. The minimum absolute atomic E-state index is 0.00737. The Hall–Kier alpha value is -4.30. The van der Waals surface area contributed by atoms with Gasteiger partial charge in [-0.3, -0.25) is 14.6 Å². The van der Waals surface area contributed by atoms with Gasteiger partial charge in [0.1, 0.15) is 16.8 Å². The Morgan fingerprint density at radius 3 is 2.58 bits per heavy atom. The van der Waals surface area contributed by atoms with Gasteiger partial charge in [0.05, 0.1) is 28.9 Å². The highest BCUT2D eigenvalue weighted by atomic mass is 32.1. The van der Waals surface area contributed by atoms with Gasteiger partial charge < -0.3 is 14.7 Å². The number of Topliss-reactive ketones (excluding diaryl/α,β-unsaturated/α-hetero) is 1. The molecule has 1 atom stereocenters. The Balaban J connectivity index is 1.56. The maximum absolute atomic E-state index is 13.9. The van der Waals surface area contributed by atoms with Crippen molar-refractivity contribution in [2.75, 3.05) is 7.11 Å². The average molecular weight is 498 g/mol. The normalized spacial score (nSPS) is 15.4. The van der Waals surface area contributed by atoms with Crippen LogP contribution in [0.4, 0.5) is 0 Å². The monoisotopic (exact) mass is 497 g/mol. The number of hydrogen-bond acceptors (Lipinski definition) is 7. The van der Waals surface area contributed by atoms with Gasteiger partial charge in [-0.15, -0.1) is 11.3 Å². The Morgan fingerprint density at radius 1 is 1.08 bits per heavy atom. The van der Waals surface area contributed by atoms with Crippen LogP contribution in [0.1, 0.15) is 32.7 Å². The first-order chi connectivity index (χ1) is 17.5. The standard InChI is InChI=1S/C28H23N3O4S/c1-17-26(36-27(30-17)19-10-4-3-5-11-19)24(32)22-23(21-13-6-7-14-29-21)31(28(34)25(22)33)16-18-9-8-12-20(15-18)35-2/h3-15,23,33H,16H2,1-2H3. The summed E-state index contributed by atoms with van der Waals surface area (Å²) in [5.41, 5.74) is 2.74. The quantitative estimate of drug-likeness (QED) is 0.348. The van der Waals surface area contributed by atoms with Crippen molar-refractivity contribution in [1.82, 2.24) is 14.9 Å². The molecular weight excluding hydrogens is 474 g/mol. The van der Waals surface area contributed by atoms with Gasteiger partial charge in [-0.05, 0) is 36.8 Å². The zero-order valence-corrected chi connectivity index (χ0v) is 20.5. The Kier molecular flexibility index (Phi) is 6.35. The molecule has 0 aliphatic carbocycles. The third-order valence-corrected chi connectivity index (χ3v) is 7.23. The van der Waals surface area contributed by atoms with Crippen molar-refractivity contribution >= 4 is 23.0 Å². The minimum atomic E-state index is -0.848. The molecule has 36 heavy (non-hydrogen) atoms. The van der Waals surface area contributed by atoms with Crippen LogP contribution in [0.15, 0.2) is 90.3 Å². The molecule has 1 amide bonds. The molecule has 1 aliphatic rings. The van der Waals surface area contributed by atoms with Crippen molar-refractivity contribution in [3.8, 4) is 16.3 Å². The second-order valence-corrected chi connectivity index (χ2v) is 9.33. The molecule has 3 heterocycles. The summed E-state index contributed by atoms with van der Waals surface area (Å²) in [5, 5.41) is 11.7. The zero-order chi connectivity index (χ0) is 25.2. The molecule has 1 N–H and O–H groups in total. The molecule has 0 saturated heterocycles. The van der Waals surface area contributed by atoms with Crippen LogP contribution in [0.5, 0.6) is 5.75 Å². The number of benzene rings is 2. The molecule has 2 aromatic heterocycles. The summed E-state index contributed by atoms with van der Waals surface area (Å²) in [5.74, 6) is -0.965. The number of hydrogen-bond donors (Lipinski definition) is 1. The maximum Gasteiger partial charge on any atom is 0.290 e. The minimum Gasteiger partial charge on any atom is -0.503 e. The second kappa shape index (κ2) is 9.75. The van der Waals surface area contributed by atoms with E-state index in [1.807, 2.05) is 54.6 Å². The molecule has 1 unspecified atom stereocenters. The first-order valence-corrected chi connectivity index (χ1v) is 12.1. The molecule has 5 rings (SSSR count). The van der Waals surface area contributed by atoms with Crippen LogP contribution in [-0.2, 0) is 11.3 Å². The van der Waals surface area contributed by atoms with E-state index in [1.165, 1.54) is 16.2 Å². The largest absolute Gasteiger partial charge is 0.503 e. The SMILES string of the molecule is COc1cccc(CN2C(=O)C(O)=C(C(=O)c3sc(-c4ccccc4)nc3C)C2c2ccccn2)c1. The van der Waals surface area contributed by atoms with Gasteiger partial charge in [0.2, 0.25) is 5.78 Å². The van der Waals surface area contributed by atoms with E-state index >= 15 is 0 Å². The molecular formula is C28H23N3O4S. The number of carbonyl (C=O) groups is 2. The molecule has 4 aromatic rings. The Morgan fingerprint density at radius 2 is 1.86 bits per heavy atom. The second-order valence-electron chi connectivity index (χ2n) is 8.33. The van der Waals surface area contributed by atoms with E-state index in [2.05, 4.69) is 9.97 Å². The van der Waals surface area contributed by atoms with E-state index in [4.69, 9.17) is 4.74 Å². The van der Waals surface area contributed by atoms with E-state index in [0.29, 0.717) is 27.0 Å². The molecule has 0 radical (unpaired) electrons. The van der Waals surface area contributed by atoms with Crippen molar-refractivity contribution in [1.29, 1.82) is 0 Å². The molecule has 2 aromatic carbocycles. The summed E-state index contributed by atoms with van der Waals surface area (Å²) in [6.45, 7) is 1.92. The van der Waals surface area contributed by atoms with Gasteiger partial charge in [0.15, 0.2) is 5.76 Å². The molecule has 7 nitrogen and oxygen atoms in total. The van der Waals surface area contributed by atoms with Crippen molar-refractivity contribution in [2.45, 2.75) is 19.5 Å². The lowest BCUT2D eigenvalue weighted by Gasteiger charge is -2.26. The van der Waals surface area contributed by atoms with E-state index in [9.17, 15) is 14.7 Å². The van der Waals surface area contributed by atoms with E-state index in [-0.39, 0.29) is 12.1 Å². The Labute approximate surface area is 212 Å². The lowest BCUT2D eigenvalue weighted by molar-refractivity contribution is -0.130. The van der Waals surface area contributed by atoms with Gasteiger partial charge in [0.25, 0.3) is 5.91 Å². The number of carbonyl (C=O) groups excluding carboxylic acids is 2. The Bertz CT molecular complexity index is 1460. The van der Waals surface area contributed by atoms with Gasteiger partial charge in [-0.1, -0.05) is 48.5 Å². The average Bonchev–Trinajstić information content (AvgIpc) is 3.42. The number of aromatic nitrogens is 2. The van der Waals surface area contributed by atoms with Crippen LogP contribution in [0.3, 0.4) is 0 Å². The van der Waals surface area contributed by atoms with Gasteiger partial charge >= 0.3 is 0 Å². The van der Waals surface area contributed by atoms with E-state index < -0.39 is 23.5 Å². The third-order valence-electron chi connectivity index (χ3n) is 6.03. The highest BCUT2D eigenvalue weighted by molar-refractivity contribution is 7.17. The number of thiazole rings is 1. The molecule has 1 aliphatic heterocycles. The van der Waals surface area contributed by atoms with Crippen molar-refractivity contribution < 1.29 is 19.4 Å². The summed E-state index contributed by atoms with van der Waals surface area (Å²) < 4.78 is 5.31. The fraction of sp³-hybridized carbons (Fsp3) is 0.143. The molecule has 180 valence electrons. The van der Waals surface area contributed by atoms with E-state index in [0.717, 1.165) is 11.1 Å². The lowest BCUT2D eigenvalue weighted by atomic mass is 9.98. The third kappa shape index (κ3) is 4.27. The van der Waals surface area contributed by atoms with Gasteiger partial charge in [-0.25, -0.2) is 4.98 Å². The number of amides is 1. The van der Waals surface area contributed by atoms with Crippen LogP contribution in [0.2, 0.25) is 0 Å². The zero-order valence-electron chi connectivity index (χ0n) is 19.7. The number of methoxy groups -OCH3 is 1. The topological polar surface area (TPSA) is 92.6 Å². The van der Waals surface area contributed by atoms with Crippen LogP contribution >= 0.6 is 11.3 Å². The van der Waals surface area contributed by atoms with Crippen LogP contribution in [-0.4, -0.2) is 38.8 Å². The predicted molar refractivity (Wildman–Crippen MR) is 137 cm³/mol. The first kappa shape index (κ1) is 23.4. The molecule has 8 heteroatoms. The molecule has 0 spiro atoms. The number of aryl methyl sites for hydroxylation is 1. The predicted octanol–water partition coefficient (Wildman–Crippen LogP) is 5.30. The first-order valence-electron chi connectivity index (χ1n) is 11.3. The van der Waals surface area contributed by atoms with Crippen molar-refractivity contribution in [2.24, 2.45) is 0 Å². The lowest BCUT2D eigenvalue weighted by Crippen LogP contribution is -2.31.